The standard InChI is InChI=1S/C18H14Cl2N2O2/c1-9-4-3-5-11(8-9)21-18-14(10(2)23)17(24)12-6-7-13(19)15(20)16(12)22-18/h3-8H,1-2H3,(H2,21,22,24). The number of benzene rings is 2. The number of aryl methyl sites for hydroxylation is 1. The van der Waals surface area contributed by atoms with Crippen molar-refractivity contribution in [2.75, 3.05) is 5.32 Å². The Morgan fingerprint density at radius 2 is 1.92 bits per heavy atom. The number of anilines is 2. The van der Waals surface area contributed by atoms with E-state index in [0.717, 1.165) is 11.3 Å². The summed E-state index contributed by atoms with van der Waals surface area (Å²) in [6.07, 6.45) is 0. The van der Waals surface area contributed by atoms with Gasteiger partial charge in [-0.2, -0.15) is 0 Å². The highest BCUT2D eigenvalue weighted by Crippen LogP contribution is 2.30. The van der Waals surface area contributed by atoms with Crippen LogP contribution in [0.1, 0.15) is 22.8 Å². The van der Waals surface area contributed by atoms with Crippen molar-refractivity contribution < 1.29 is 4.79 Å². The van der Waals surface area contributed by atoms with Crippen molar-refractivity contribution in [3.05, 3.63) is 67.8 Å². The zero-order chi connectivity index (χ0) is 17.4. The third-order valence-electron chi connectivity index (χ3n) is 3.71. The quantitative estimate of drug-likeness (QED) is 0.639. The zero-order valence-electron chi connectivity index (χ0n) is 13.0. The van der Waals surface area contributed by atoms with Gasteiger partial charge >= 0.3 is 0 Å². The number of Topliss-reactive ketones (excluding diaryl/α,β-unsaturated/α-hetero) is 1. The second kappa shape index (κ2) is 6.30. The average Bonchev–Trinajstić information content (AvgIpc) is 2.51. The van der Waals surface area contributed by atoms with Crippen molar-refractivity contribution in [1.29, 1.82) is 0 Å². The maximum Gasteiger partial charge on any atom is 0.202 e. The van der Waals surface area contributed by atoms with Gasteiger partial charge in [0.1, 0.15) is 11.4 Å². The van der Waals surface area contributed by atoms with E-state index in [4.69, 9.17) is 23.2 Å². The molecule has 0 spiro atoms. The molecular weight excluding hydrogens is 347 g/mol. The summed E-state index contributed by atoms with van der Waals surface area (Å²) in [6.45, 7) is 3.31. The number of carbonyl (C=O) groups is 1. The SMILES string of the molecule is CC(=O)c1c(Nc2cccc(C)c2)[nH]c2c(Cl)c(Cl)ccc2c1=O. The summed E-state index contributed by atoms with van der Waals surface area (Å²) in [5, 5.41) is 3.99. The molecule has 0 aliphatic carbocycles. The number of aromatic amines is 1. The predicted molar refractivity (Wildman–Crippen MR) is 99.1 cm³/mol. The number of hydrogen-bond donors (Lipinski definition) is 2. The van der Waals surface area contributed by atoms with E-state index in [9.17, 15) is 9.59 Å². The number of pyridine rings is 1. The van der Waals surface area contributed by atoms with E-state index in [1.54, 1.807) is 12.1 Å². The zero-order valence-corrected chi connectivity index (χ0v) is 14.5. The van der Waals surface area contributed by atoms with E-state index < -0.39 is 0 Å². The number of carbonyl (C=O) groups excluding carboxylic acids is 1. The molecule has 0 fully saturated rings. The summed E-state index contributed by atoms with van der Waals surface area (Å²) in [5.74, 6) is -0.0332. The fraction of sp³-hybridized carbons (Fsp3) is 0.111. The van der Waals surface area contributed by atoms with Crippen LogP contribution in [0.5, 0.6) is 0 Å². The second-order valence-corrected chi connectivity index (χ2v) is 6.32. The smallest absolute Gasteiger partial charge is 0.202 e. The van der Waals surface area contributed by atoms with E-state index in [1.807, 2.05) is 31.2 Å². The van der Waals surface area contributed by atoms with Crippen molar-refractivity contribution in [2.45, 2.75) is 13.8 Å². The first-order valence-corrected chi connectivity index (χ1v) is 8.02. The molecule has 1 heterocycles. The lowest BCUT2D eigenvalue weighted by Gasteiger charge is -2.13. The van der Waals surface area contributed by atoms with Gasteiger partial charge in [0.25, 0.3) is 0 Å². The van der Waals surface area contributed by atoms with Gasteiger partial charge in [-0.05, 0) is 43.7 Å². The molecule has 4 nitrogen and oxygen atoms in total. The molecule has 3 aromatic rings. The van der Waals surface area contributed by atoms with E-state index in [0.29, 0.717) is 21.7 Å². The molecule has 1 aromatic heterocycles. The Morgan fingerprint density at radius 3 is 2.58 bits per heavy atom. The van der Waals surface area contributed by atoms with Crippen molar-refractivity contribution in [2.24, 2.45) is 0 Å². The normalized spacial score (nSPS) is 10.8. The van der Waals surface area contributed by atoms with Gasteiger partial charge in [0.15, 0.2) is 5.78 Å². The molecule has 2 N–H and O–H groups in total. The van der Waals surface area contributed by atoms with Crippen LogP contribution in [-0.4, -0.2) is 10.8 Å². The first-order chi connectivity index (χ1) is 11.4. The molecule has 3 rings (SSSR count). The Morgan fingerprint density at radius 1 is 1.17 bits per heavy atom. The minimum Gasteiger partial charge on any atom is -0.341 e. The number of H-pyrrole nitrogens is 1. The van der Waals surface area contributed by atoms with E-state index in [1.165, 1.54) is 6.92 Å². The van der Waals surface area contributed by atoms with Gasteiger partial charge in [0.05, 0.1) is 15.6 Å². The highest BCUT2D eigenvalue weighted by atomic mass is 35.5. The van der Waals surface area contributed by atoms with Crippen LogP contribution in [-0.2, 0) is 0 Å². The number of nitrogens with one attached hydrogen (secondary N) is 2. The highest BCUT2D eigenvalue weighted by molar-refractivity contribution is 6.45. The number of aromatic nitrogens is 1. The molecule has 0 aliphatic heterocycles. The Hall–Kier alpha value is -2.30. The average molecular weight is 361 g/mol. The molecule has 2 aromatic carbocycles. The van der Waals surface area contributed by atoms with Gasteiger partial charge < -0.3 is 10.3 Å². The number of hydrogen-bond acceptors (Lipinski definition) is 3. The van der Waals surface area contributed by atoms with Gasteiger partial charge in [-0.15, -0.1) is 0 Å². The summed E-state index contributed by atoms with van der Waals surface area (Å²) in [5.41, 5.74) is 1.88. The van der Waals surface area contributed by atoms with Crippen molar-refractivity contribution in [3.8, 4) is 0 Å². The first kappa shape index (κ1) is 16.6. The van der Waals surface area contributed by atoms with Gasteiger partial charge in [-0.1, -0.05) is 35.3 Å². The third kappa shape index (κ3) is 2.90. The van der Waals surface area contributed by atoms with Crippen molar-refractivity contribution in [1.82, 2.24) is 4.98 Å². The minimum absolute atomic E-state index is 0.0578. The molecule has 0 unspecified atom stereocenters. The molecule has 0 saturated heterocycles. The van der Waals surface area contributed by atoms with Crippen LogP contribution >= 0.6 is 23.2 Å². The summed E-state index contributed by atoms with van der Waals surface area (Å²) in [6, 6.07) is 10.7. The van der Waals surface area contributed by atoms with Crippen LogP contribution in [0.15, 0.2) is 41.2 Å². The van der Waals surface area contributed by atoms with E-state index in [2.05, 4.69) is 10.3 Å². The van der Waals surface area contributed by atoms with Crippen LogP contribution in [0.4, 0.5) is 11.5 Å². The van der Waals surface area contributed by atoms with E-state index in [-0.39, 0.29) is 21.8 Å². The fourth-order valence-corrected chi connectivity index (χ4v) is 2.96. The van der Waals surface area contributed by atoms with Gasteiger partial charge in [0.2, 0.25) is 5.43 Å². The second-order valence-electron chi connectivity index (χ2n) is 5.54. The molecule has 6 heteroatoms. The van der Waals surface area contributed by atoms with Crippen LogP contribution in [0.2, 0.25) is 10.0 Å². The third-order valence-corrected chi connectivity index (χ3v) is 4.51. The Kier molecular flexibility index (Phi) is 4.35. The van der Waals surface area contributed by atoms with Crippen LogP contribution in [0.25, 0.3) is 10.9 Å². The largest absolute Gasteiger partial charge is 0.341 e. The fourth-order valence-electron chi connectivity index (χ4n) is 2.59. The van der Waals surface area contributed by atoms with Crippen molar-refractivity contribution >= 4 is 51.4 Å². The van der Waals surface area contributed by atoms with Crippen LogP contribution in [0, 0.1) is 6.92 Å². The number of rotatable bonds is 3. The Balaban J connectivity index is 2.29. The van der Waals surface area contributed by atoms with Gasteiger partial charge in [-0.3, -0.25) is 9.59 Å². The molecule has 0 amide bonds. The maximum atomic E-state index is 12.7. The summed E-state index contributed by atoms with van der Waals surface area (Å²) < 4.78 is 0. The lowest BCUT2D eigenvalue weighted by molar-refractivity contribution is 0.101. The molecule has 0 aliphatic rings. The Bertz CT molecular complexity index is 1030. The number of ketones is 1. The number of halogens is 2. The lowest BCUT2D eigenvalue weighted by atomic mass is 10.1. The minimum atomic E-state index is -0.384. The first-order valence-electron chi connectivity index (χ1n) is 7.27. The molecule has 0 radical (unpaired) electrons. The topological polar surface area (TPSA) is 62.0 Å². The van der Waals surface area contributed by atoms with Gasteiger partial charge in [0, 0.05) is 11.1 Å². The van der Waals surface area contributed by atoms with Crippen LogP contribution < -0.4 is 10.7 Å². The summed E-state index contributed by atoms with van der Waals surface area (Å²) in [7, 11) is 0. The van der Waals surface area contributed by atoms with Gasteiger partial charge in [-0.25, -0.2) is 0 Å². The predicted octanol–water partition coefficient (Wildman–Crippen LogP) is 5.09. The summed E-state index contributed by atoms with van der Waals surface area (Å²) in [4.78, 5) is 27.8. The molecule has 0 saturated carbocycles. The van der Waals surface area contributed by atoms with Crippen molar-refractivity contribution in [3.63, 3.8) is 0 Å². The number of fused-ring (bicyclic) bond motifs is 1. The maximum absolute atomic E-state index is 12.7. The molecular formula is C18H14Cl2N2O2. The molecule has 0 atom stereocenters. The molecule has 122 valence electrons. The Labute approximate surface area is 148 Å². The van der Waals surface area contributed by atoms with E-state index >= 15 is 0 Å². The molecule has 24 heavy (non-hydrogen) atoms. The molecule has 0 bridgehead atoms. The summed E-state index contributed by atoms with van der Waals surface area (Å²) >= 11 is 12.2. The highest BCUT2D eigenvalue weighted by Gasteiger charge is 2.18. The lowest BCUT2D eigenvalue weighted by Crippen LogP contribution is -2.17. The van der Waals surface area contributed by atoms with Crippen LogP contribution in [0.3, 0.4) is 0 Å². The monoisotopic (exact) mass is 360 g/mol.